The Kier molecular flexibility index (Phi) is 3.94. The highest BCUT2D eigenvalue weighted by Crippen LogP contribution is 2.42. The molecule has 0 unspecified atom stereocenters. The first-order valence-electron chi connectivity index (χ1n) is 7.20. The van der Waals surface area contributed by atoms with Crippen molar-refractivity contribution in [3.8, 4) is 0 Å². The molecule has 3 nitrogen and oxygen atoms in total. The van der Waals surface area contributed by atoms with Crippen molar-refractivity contribution in [1.29, 1.82) is 0 Å². The molecule has 1 aliphatic heterocycles. The van der Waals surface area contributed by atoms with Crippen LogP contribution >= 0.6 is 0 Å². The van der Waals surface area contributed by atoms with E-state index in [-0.39, 0.29) is 5.79 Å². The molecule has 0 aromatic heterocycles. The summed E-state index contributed by atoms with van der Waals surface area (Å²) in [6, 6.07) is 0. The average Bonchev–Trinajstić information content (AvgIpc) is 2.69. The molecular formula is C14H28O3Si. The Balaban J connectivity index is 1.87. The van der Waals surface area contributed by atoms with E-state index in [2.05, 4.69) is 33.9 Å². The summed E-state index contributed by atoms with van der Waals surface area (Å²) in [4.78, 5) is 0. The highest BCUT2D eigenvalue weighted by molar-refractivity contribution is 6.74. The SMILES string of the molecule is CC(C)(C)[Si](C)(C)OC1CCC2(CC1)OCCO2. The maximum absolute atomic E-state index is 6.47. The van der Waals surface area contributed by atoms with Gasteiger partial charge in [-0.15, -0.1) is 0 Å². The first-order valence-corrected chi connectivity index (χ1v) is 10.1. The molecule has 1 saturated heterocycles. The molecule has 0 radical (unpaired) electrons. The number of hydrogen-bond acceptors (Lipinski definition) is 3. The van der Waals surface area contributed by atoms with Crippen molar-refractivity contribution in [2.75, 3.05) is 13.2 Å². The summed E-state index contributed by atoms with van der Waals surface area (Å²) in [5.74, 6) is -0.257. The van der Waals surface area contributed by atoms with Crippen molar-refractivity contribution in [3.05, 3.63) is 0 Å². The topological polar surface area (TPSA) is 27.7 Å². The monoisotopic (exact) mass is 272 g/mol. The maximum Gasteiger partial charge on any atom is 0.192 e. The fraction of sp³-hybridized carbons (Fsp3) is 1.00. The smallest absolute Gasteiger partial charge is 0.192 e. The molecule has 18 heavy (non-hydrogen) atoms. The standard InChI is InChI=1S/C14H28O3Si/c1-13(2,3)18(4,5)17-12-6-8-14(9-7-12)15-10-11-16-14/h12H,6-11H2,1-5H3. The van der Waals surface area contributed by atoms with Crippen molar-refractivity contribution >= 4 is 8.32 Å². The molecule has 0 amide bonds. The van der Waals surface area contributed by atoms with Gasteiger partial charge < -0.3 is 13.9 Å². The Morgan fingerprint density at radius 1 is 1.06 bits per heavy atom. The van der Waals surface area contributed by atoms with Crippen molar-refractivity contribution in [2.45, 2.75) is 76.5 Å². The molecule has 4 heteroatoms. The average molecular weight is 272 g/mol. The minimum atomic E-state index is -1.63. The van der Waals surface area contributed by atoms with E-state index in [1.54, 1.807) is 0 Å². The van der Waals surface area contributed by atoms with Gasteiger partial charge in [-0.3, -0.25) is 0 Å². The lowest BCUT2D eigenvalue weighted by Crippen LogP contribution is -2.46. The normalized spacial score (nSPS) is 25.8. The van der Waals surface area contributed by atoms with Crippen LogP contribution in [-0.2, 0) is 13.9 Å². The molecule has 0 bridgehead atoms. The van der Waals surface area contributed by atoms with E-state index in [1.807, 2.05) is 0 Å². The predicted molar refractivity (Wildman–Crippen MR) is 75.2 cm³/mol. The predicted octanol–water partition coefficient (Wildman–Crippen LogP) is 3.69. The molecule has 0 aromatic carbocycles. The lowest BCUT2D eigenvalue weighted by atomic mass is 9.92. The molecule has 1 spiro atoms. The summed E-state index contributed by atoms with van der Waals surface area (Å²) < 4.78 is 18.0. The van der Waals surface area contributed by atoms with Gasteiger partial charge in [0.1, 0.15) is 0 Å². The minimum absolute atomic E-state index is 0.257. The quantitative estimate of drug-likeness (QED) is 0.718. The largest absolute Gasteiger partial charge is 0.414 e. The third-order valence-corrected chi connectivity index (χ3v) is 9.31. The van der Waals surface area contributed by atoms with Crippen molar-refractivity contribution in [2.24, 2.45) is 0 Å². The Hall–Kier alpha value is 0.0969. The van der Waals surface area contributed by atoms with Crippen molar-refractivity contribution < 1.29 is 13.9 Å². The van der Waals surface area contributed by atoms with E-state index in [0.29, 0.717) is 11.1 Å². The molecule has 1 heterocycles. The van der Waals surface area contributed by atoms with Gasteiger partial charge in [-0.2, -0.15) is 0 Å². The van der Waals surface area contributed by atoms with Crippen LogP contribution in [0.15, 0.2) is 0 Å². The number of hydrogen-bond donors (Lipinski definition) is 0. The molecule has 1 saturated carbocycles. The fourth-order valence-electron chi connectivity index (χ4n) is 2.53. The summed E-state index contributed by atoms with van der Waals surface area (Å²) in [5.41, 5.74) is 0. The molecule has 0 aromatic rings. The van der Waals surface area contributed by atoms with E-state index in [9.17, 15) is 0 Å². The zero-order chi connectivity index (χ0) is 13.4. The second-order valence-electron chi connectivity index (χ2n) is 7.19. The number of rotatable bonds is 2. The summed E-state index contributed by atoms with van der Waals surface area (Å²) in [5, 5.41) is 0.294. The van der Waals surface area contributed by atoms with Crippen molar-refractivity contribution in [1.82, 2.24) is 0 Å². The van der Waals surface area contributed by atoms with Crippen LogP contribution < -0.4 is 0 Å². The highest BCUT2D eigenvalue weighted by Gasteiger charge is 2.44. The second kappa shape index (κ2) is 4.89. The molecule has 106 valence electrons. The van der Waals surface area contributed by atoms with E-state index in [4.69, 9.17) is 13.9 Å². The van der Waals surface area contributed by atoms with E-state index < -0.39 is 8.32 Å². The van der Waals surface area contributed by atoms with Crippen LogP contribution in [0.5, 0.6) is 0 Å². The third kappa shape index (κ3) is 2.98. The third-order valence-electron chi connectivity index (χ3n) is 4.78. The van der Waals surface area contributed by atoms with Crippen LogP contribution in [0.1, 0.15) is 46.5 Å². The summed E-state index contributed by atoms with van der Waals surface area (Å²) in [6.07, 6.45) is 4.54. The van der Waals surface area contributed by atoms with Gasteiger partial charge in [0, 0.05) is 18.9 Å². The van der Waals surface area contributed by atoms with Crippen LogP contribution in [-0.4, -0.2) is 33.4 Å². The van der Waals surface area contributed by atoms with Gasteiger partial charge in [0.15, 0.2) is 14.1 Å². The van der Waals surface area contributed by atoms with E-state index in [1.165, 1.54) is 0 Å². The van der Waals surface area contributed by atoms with Crippen LogP contribution in [0, 0.1) is 0 Å². The van der Waals surface area contributed by atoms with Gasteiger partial charge in [-0.05, 0) is 31.0 Å². The van der Waals surface area contributed by atoms with Crippen LogP contribution in [0.4, 0.5) is 0 Å². The van der Waals surface area contributed by atoms with Gasteiger partial charge in [-0.1, -0.05) is 20.8 Å². The van der Waals surface area contributed by atoms with E-state index in [0.717, 1.165) is 38.9 Å². The summed E-state index contributed by atoms with van der Waals surface area (Å²) >= 11 is 0. The Labute approximate surface area is 112 Å². The van der Waals surface area contributed by atoms with Gasteiger partial charge >= 0.3 is 0 Å². The molecule has 2 fully saturated rings. The molecule has 0 N–H and O–H groups in total. The lowest BCUT2D eigenvalue weighted by molar-refractivity contribution is -0.186. The first kappa shape index (κ1) is 14.5. The Morgan fingerprint density at radius 3 is 2.00 bits per heavy atom. The summed E-state index contributed by atoms with van der Waals surface area (Å²) in [7, 11) is -1.63. The van der Waals surface area contributed by atoms with Gasteiger partial charge in [0.25, 0.3) is 0 Å². The van der Waals surface area contributed by atoms with Crippen molar-refractivity contribution in [3.63, 3.8) is 0 Å². The molecular weight excluding hydrogens is 244 g/mol. The Bertz CT molecular complexity index is 280. The zero-order valence-corrected chi connectivity index (χ0v) is 13.5. The highest BCUT2D eigenvalue weighted by atomic mass is 28.4. The van der Waals surface area contributed by atoms with Gasteiger partial charge in [0.05, 0.1) is 13.2 Å². The van der Waals surface area contributed by atoms with E-state index >= 15 is 0 Å². The van der Waals surface area contributed by atoms with Crippen LogP contribution in [0.2, 0.25) is 18.1 Å². The number of ether oxygens (including phenoxy) is 2. The molecule has 2 rings (SSSR count). The first-order chi connectivity index (χ1) is 8.24. The fourth-order valence-corrected chi connectivity index (χ4v) is 3.95. The molecule has 0 atom stereocenters. The zero-order valence-electron chi connectivity index (χ0n) is 12.5. The van der Waals surface area contributed by atoms with Crippen LogP contribution in [0.3, 0.4) is 0 Å². The molecule has 2 aliphatic rings. The molecule has 1 aliphatic carbocycles. The Morgan fingerprint density at radius 2 is 1.56 bits per heavy atom. The van der Waals surface area contributed by atoms with Gasteiger partial charge in [0.2, 0.25) is 0 Å². The maximum atomic E-state index is 6.47. The van der Waals surface area contributed by atoms with Crippen LogP contribution in [0.25, 0.3) is 0 Å². The second-order valence-corrected chi connectivity index (χ2v) is 11.9. The minimum Gasteiger partial charge on any atom is -0.414 e. The summed E-state index contributed by atoms with van der Waals surface area (Å²) in [6.45, 7) is 13.1. The van der Waals surface area contributed by atoms with Gasteiger partial charge in [-0.25, -0.2) is 0 Å². The lowest BCUT2D eigenvalue weighted by Gasteiger charge is -2.42.